The van der Waals surface area contributed by atoms with Gasteiger partial charge in [0.2, 0.25) is 5.91 Å². The number of nitrogens with zero attached hydrogens (tertiary/aromatic N) is 1. The normalized spacial score (nSPS) is 20.8. The van der Waals surface area contributed by atoms with E-state index >= 15 is 0 Å². The summed E-state index contributed by atoms with van der Waals surface area (Å²) in [5.74, 6) is 0.433. The number of aromatic nitrogens is 1. The molecule has 2 heterocycles. The Morgan fingerprint density at radius 1 is 1.36 bits per heavy atom. The molecular formula is C20H27N3OS. The molecule has 1 aromatic heterocycles. The summed E-state index contributed by atoms with van der Waals surface area (Å²) in [6, 6.07) is 10.7. The van der Waals surface area contributed by atoms with Crippen LogP contribution in [0.15, 0.2) is 41.9 Å². The summed E-state index contributed by atoms with van der Waals surface area (Å²) < 4.78 is 0. The summed E-state index contributed by atoms with van der Waals surface area (Å²) >= 11 is 1.60. The van der Waals surface area contributed by atoms with Gasteiger partial charge < -0.3 is 10.6 Å². The molecule has 1 saturated heterocycles. The highest BCUT2D eigenvalue weighted by molar-refractivity contribution is 7.09. The number of hydrogen-bond donors (Lipinski definition) is 2. The average molecular weight is 358 g/mol. The lowest BCUT2D eigenvalue weighted by atomic mass is 9.87. The summed E-state index contributed by atoms with van der Waals surface area (Å²) in [5.41, 5.74) is 1.21. The lowest BCUT2D eigenvalue weighted by molar-refractivity contribution is -0.127. The molecule has 134 valence electrons. The molecule has 25 heavy (non-hydrogen) atoms. The van der Waals surface area contributed by atoms with E-state index in [1.165, 1.54) is 18.4 Å². The van der Waals surface area contributed by atoms with Gasteiger partial charge in [-0.25, -0.2) is 4.98 Å². The molecule has 0 aliphatic carbocycles. The second-order valence-corrected chi connectivity index (χ2v) is 7.90. The first kappa shape index (κ1) is 18.1. The van der Waals surface area contributed by atoms with Crippen LogP contribution in [0.1, 0.15) is 43.3 Å². The third-order valence-corrected chi connectivity index (χ3v) is 6.17. The Labute approximate surface area is 154 Å². The average Bonchev–Trinajstić information content (AvgIpc) is 3.34. The van der Waals surface area contributed by atoms with Gasteiger partial charge in [0, 0.05) is 23.5 Å². The van der Waals surface area contributed by atoms with Crippen molar-refractivity contribution in [1.29, 1.82) is 0 Å². The number of rotatable bonds is 7. The predicted molar refractivity (Wildman–Crippen MR) is 102 cm³/mol. The molecule has 1 fully saturated rings. The molecule has 1 aromatic carbocycles. The molecule has 5 heteroatoms. The molecule has 0 unspecified atom stereocenters. The van der Waals surface area contributed by atoms with E-state index in [0.717, 1.165) is 18.0 Å². The van der Waals surface area contributed by atoms with Gasteiger partial charge in [-0.3, -0.25) is 4.79 Å². The Kier molecular flexibility index (Phi) is 6.21. The van der Waals surface area contributed by atoms with E-state index in [-0.39, 0.29) is 17.9 Å². The zero-order valence-corrected chi connectivity index (χ0v) is 15.8. The molecule has 1 aliphatic heterocycles. The van der Waals surface area contributed by atoms with Crippen LogP contribution in [0.25, 0.3) is 0 Å². The van der Waals surface area contributed by atoms with E-state index in [1.807, 2.05) is 30.5 Å². The molecule has 2 aromatic rings. The number of amides is 1. The van der Waals surface area contributed by atoms with Gasteiger partial charge in [-0.05, 0) is 37.3 Å². The maximum absolute atomic E-state index is 12.9. The smallest absolute Gasteiger partial charge is 0.223 e. The van der Waals surface area contributed by atoms with Crippen molar-refractivity contribution in [2.45, 2.75) is 45.2 Å². The SMILES string of the molecule is C[C@@H]([C@@H]1CCCN1)[C@@H](C)C(=O)N[C@@H](Cc1ccccc1)c1nccs1. The highest BCUT2D eigenvalue weighted by atomic mass is 32.1. The second-order valence-electron chi connectivity index (χ2n) is 6.97. The largest absolute Gasteiger partial charge is 0.346 e. The quantitative estimate of drug-likeness (QED) is 0.796. The van der Waals surface area contributed by atoms with Crippen LogP contribution < -0.4 is 10.6 Å². The molecule has 4 atom stereocenters. The van der Waals surface area contributed by atoms with Gasteiger partial charge in [0.1, 0.15) is 5.01 Å². The van der Waals surface area contributed by atoms with Crippen molar-refractivity contribution in [3.8, 4) is 0 Å². The fourth-order valence-electron chi connectivity index (χ4n) is 3.51. The predicted octanol–water partition coefficient (Wildman–Crippen LogP) is 3.57. The van der Waals surface area contributed by atoms with Crippen molar-refractivity contribution in [2.75, 3.05) is 6.54 Å². The first-order valence-corrected chi connectivity index (χ1v) is 10.00. The molecular weight excluding hydrogens is 330 g/mol. The van der Waals surface area contributed by atoms with E-state index in [2.05, 4.69) is 34.7 Å². The van der Waals surface area contributed by atoms with Crippen LogP contribution in [-0.2, 0) is 11.2 Å². The van der Waals surface area contributed by atoms with Gasteiger partial charge in [0.15, 0.2) is 0 Å². The molecule has 0 bridgehead atoms. The Morgan fingerprint density at radius 2 is 2.16 bits per heavy atom. The summed E-state index contributed by atoms with van der Waals surface area (Å²) in [5, 5.41) is 9.71. The fourth-order valence-corrected chi connectivity index (χ4v) is 4.20. The summed E-state index contributed by atoms with van der Waals surface area (Å²) in [6.45, 7) is 5.29. The molecule has 1 amide bonds. The number of thiazole rings is 1. The van der Waals surface area contributed by atoms with Crippen LogP contribution in [0.3, 0.4) is 0 Å². The third-order valence-electron chi connectivity index (χ3n) is 5.28. The zero-order chi connectivity index (χ0) is 17.6. The molecule has 0 spiro atoms. The van der Waals surface area contributed by atoms with E-state index in [1.54, 1.807) is 17.5 Å². The third kappa shape index (κ3) is 4.67. The van der Waals surface area contributed by atoms with Crippen LogP contribution in [-0.4, -0.2) is 23.5 Å². The zero-order valence-electron chi connectivity index (χ0n) is 14.9. The highest BCUT2D eigenvalue weighted by Gasteiger charge is 2.30. The first-order chi connectivity index (χ1) is 12.1. The molecule has 0 radical (unpaired) electrons. The minimum absolute atomic E-state index is 0.0196. The number of hydrogen-bond acceptors (Lipinski definition) is 4. The maximum atomic E-state index is 12.9. The van der Waals surface area contributed by atoms with Gasteiger partial charge in [-0.1, -0.05) is 44.2 Å². The molecule has 2 N–H and O–H groups in total. The standard InChI is InChI=1S/C20H27N3OS/c1-14(17-9-6-10-21-17)15(2)19(24)23-18(20-22-11-12-25-20)13-16-7-4-3-5-8-16/h3-5,7-8,11-12,14-15,17-18,21H,6,9-10,13H2,1-2H3,(H,23,24)/t14-,15-,17+,18+/m1/s1. The van der Waals surface area contributed by atoms with Crippen LogP contribution >= 0.6 is 11.3 Å². The van der Waals surface area contributed by atoms with Crippen molar-refractivity contribution in [3.05, 3.63) is 52.5 Å². The number of carbonyl (C=O) groups excluding carboxylic acids is 1. The van der Waals surface area contributed by atoms with Crippen molar-refractivity contribution in [2.24, 2.45) is 11.8 Å². The molecule has 1 aliphatic rings. The minimum Gasteiger partial charge on any atom is -0.346 e. The van der Waals surface area contributed by atoms with Gasteiger partial charge in [-0.15, -0.1) is 11.3 Å². The van der Waals surface area contributed by atoms with Crippen molar-refractivity contribution >= 4 is 17.2 Å². The van der Waals surface area contributed by atoms with Gasteiger partial charge in [-0.2, -0.15) is 0 Å². The van der Waals surface area contributed by atoms with E-state index in [9.17, 15) is 4.79 Å². The monoisotopic (exact) mass is 357 g/mol. The molecule has 4 nitrogen and oxygen atoms in total. The van der Waals surface area contributed by atoms with E-state index in [4.69, 9.17) is 0 Å². The second kappa shape index (κ2) is 8.59. The molecule has 3 rings (SSSR count). The Morgan fingerprint density at radius 3 is 2.80 bits per heavy atom. The van der Waals surface area contributed by atoms with E-state index in [0.29, 0.717) is 12.0 Å². The summed E-state index contributed by atoms with van der Waals surface area (Å²) in [4.78, 5) is 17.3. The van der Waals surface area contributed by atoms with Crippen LogP contribution in [0.4, 0.5) is 0 Å². The van der Waals surface area contributed by atoms with E-state index < -0.39 is 0 Å². The van der Waals surface area contributed by atoms with Crippen molar-refractivity contribution < 1.29 is 4.79 Å². The van der Waals surface area contributed by atoms with Crippen LogP contribution in [0.5, 0.6) is 0 Å². The Bertz CT molecular complexity index is 653. The summed E-state index contributed by atoms with van der Waals surface area (Å²) in [6.07, 6.45) is 4.94. The van der Waals surface area contributed by atoms with Gasteiger partial charge in [0.25, 0.3) is 0 Å². The highest BCUT2D eigenvalue weighted by Crippen LogP contribution is 2.25. The fraction of sp³-hybridized carbons (Fsp3) is 0.500. The minimum atomic E-state index is -0.0684. The Hall–Kier alpha value is -1.72. The number of carbonyl (C=O) groups is 1. The number of nitrogens with one attached hydrogen (secondary N) is 2. The lowest BCUT2D eigenvalue weighted by Crippen LogP contribution is -2.41. The first-order valence-electron chi connectivity index (χ1n) is 9.12. The maximum Gasteiger partial charge on any atom is 0.223 e. The van der Waals surface area contributed by atoms with Crippen LogP contribution in [0, 0.1) is 11.8 Å². The van der Waals surface area contributed by atoms with Crippen molar-refractivity contribution in [1.82, 2.24) is 15.6 Å². The topological polar surface area (TPSA) is 54.0 Å². The number of benzene rings is 1. The van der Waals surface area contributed by atoms with Gasteiger partial charge in [0.05, 0.1) is 6.04 Å². The van der Waals surface area contributed by atoms with Crippen molar-refractivity contribution in [3.63, 3.8) is 0 Å². The van der Waals surface area contributed by atoms with Crippen LogP contribution in [0.2, 0.25) is 0 Å². The molecule has 0 saturated carbocycles. The van der Waals surface area contributed by atoms with Gasteiger partial charge >= 0.3 is 0 Å². The summed E-state index contributed by atoms with van der Waals surface area (Å²) in [7, 11) is 0. The Balaban J connectivity index is 1.67. The lowest BCUT2D eigenvalue weighted by Gasteiger charge is -2.27.